The number of carboxylic acids is 1. The van der Waals surface area contributed by atoms with E-state index in [9.17, 15) is 9.59 Å². The van der Waals surface area contributed by atoms with E-state index in [1.54, 1.807) is 6.92 Å². The maximum atomic E-state index is 12.2. The minimum Gasteiger partial charge on any atom is -0.480 e. The Morgan fingerprint density at radius 3 is 2.42 bits per heavy atom. The molecule has 0 saturated heterocycles. The van der Waals surface area contributed by atoms with Crippen molar-refractivity contribution in [3.8, 4) is 0 Å². The Hall–Kier alpha value is -1.84. The number of hydrogen-bond acceptors (Lipinski definition) is 2. The quantitative estimate of drug-likeness (QED) is 0.823. The van der Waals surface area contributed by atoms with E-state index in [0.29, 0.717) is 12.8 Å². The van der Waals surface area contributed by atoms with Crippen LogP contribution in [0.2, 0.25) is 0 Å². The third-order valence-electron chi connectivity index (χ3n) is 3.73. The Bertz CT molecular complexity index is 466. The van der Waals surface area contributed by atoms with E-state index >= 15 is 0 Å². The van der Waals surface area contributed by atoms with Gasteiger partial charge in [-0.15, -0.1) is 0 Å². The van der Waals surface area contributed by atoms with Crippen molar-refractivity contribution in [3.05, 3.63) is 35.9 Å². The average Bonchev–Trinajstić information content (AvgIpc) is 3.17. The second-order valence-corrected chi connectivity index (χ2v) is 5.22. The summed E-state index contributed by atoms with van der Waals surface area (Å²) >= 11 is 0. The summed E-state index contributed by atoms with van der Waals surface area (Å²) in [4.78, 5) is 23.2. The van der Waals surface area contributed by atoms with Gasteiger partial charge in [0.2, 0.25) is 5.91 Å². The van der Waals surface area contributed by atoms with Gasteiger partial charge in [-0.25, -0.2) is 4.79 Å². The lowest BCUT2D eigenvalue weighted by atomic mass is 9.95. The average molecular weight is 261 g/mol. The maximum absolute atomic E-state index is 12.2. The minimum absolute atomic E-state index is 0.120. The summed E-state index contributed by atoms with van der Waals surface area (Å²) < 4.78 is 0. The molecule has 1 unspecified atom stereocenters. The molecule has 0 spiro atoms. The van der Waals surface area contributed by atoms with Crippen molar-refractivity contribution in [2.75, 3.05) is 0 Å². The molecule has 0 aromatic heterocycles. The molecule has 4 nitrogen and oxygen atoms in total. The molecule has 1 amide bonds. The highest BCUT2D eigenvalue weighted by Gasteiger charge is 2.50. The van der Waals surface area contributed by atoms with E-state index in [2.05, 4.69) is 5.32 Å². The molecule has 4 heteroatoms. The first-order valence-electron chi connectivity index (χ1n) is 6.65. The van der Waals surface area contributed by atoms with Crippen molar-refractivity contribution in [1.82, 2.24) is 5.32 Å². The van der Waals surface area contributed by atoms with Gasteiger partial charge in [0, 0.05) is 0 Å². The zero-order valence-electron chi connectivity index (χ0n) is 11.1. The Kier molecular flexibility index (Phi) is 3.88. The Morgan fingerprint density at radius 1 is 1.32 bits per heavy atom. The van der Waals surface area contributed by atoms with Crippen molar-refractivity contribution in [3.63, 3.8) is 0 Å². The summed E-state index contributed by atoms with van der Waals surface area (Å²) in [6.45, 7) is 1.76. The van der Waals surface area contributed by atoms with Crippen LogP contribution in [0.25, 0.3) is 0 Å². The van der Waals surface area contributed by atoms with Crippen LogP contribution >= 0.6 is 0 Å². The van der Waals surface area contributed by atoms with Gasteiger partial charge in [-0.1, -0.05) is 37.3 Å². The first-order chi connectivity index (χ1) is 9.07. The molecule has 0 bridgehead atoms. The Balaban J connectivity index is 2.00. The summed E-state index contributed by atoms with van der Waals surface area (Å²) in [6, 6.07) is 9.08. The number of carbonyl (C=O) groups is 2. The van der Waals surface area contributed by atoms with Crippen LogP contribution in [0.1, 0.15) is 31.7 Å². The number of amides is 1. The van der Waals surface area contributed by atoms with Crippen LogP contribution in [0.5, 0.6) is 0 Å². The normalized spacial score (nSPS) is 17.5. The summed E-state index contributed by atoms with van der Waals surface area (Å²) in [7, 11) is 0. The van der Waals surface area contributed by atoms with E-state index in [0.717, 1.165) is 18.4 Å². The van der Waals surface area contributed by atoms with Crippen LogP contribution in [-0.2, 0) is 16.0 Å². The van der Waals surface area contributed by atoms with Crippen molar-refractivity contribution < 1.29 is 14.7 Å². The standard InChI is InChI=1S/C15H19NO3/c1-2-12(13(17)18)16-14(19)15(8-9-15)10-11-6-4-3-5-7-11/h3-7,12H,2,8-10H2,1H3,(H,16,19)(H,17,18). The van der Waals surface area contributed by atoms with Crippen LogP contribution in [-0.4, -0.2) is 23.0 Å². The fourth-order valence-corrected chi connectivity index (χ4v) is 2.27. The van der Waals surface area contributed by atoms with E-state index in [4.69, 9.17) is 5.11 Å². The third-order valence-corrected chi connectivity index (χ3v) is 3.73. The monoisotopic (exact) mass is 261 g/mol. The molecule has 1 atom stereocenters. The molecular weight excluding hydrogens is 242 g/mol. The second-order valence-electron chi connectivity index (χ2n) is 5.22. The van der Waals surface area contributed by atoms with Crippen LogP contribution in [0, 0.1) is 5.41 Å². The first-order valence-corrected chi connectivity index (χ1v) is 6.65. The maximum Gasteiger partial charge on any atom is 0.326 e. The number of nitrogens with one attached hydrogen (secondary N) is 1. The van der Waals surface area contributed by atoms with Gasteiger partial charge in [0.1, 0.15) is 6.04 Å². The van der Waals surface area contributed by atoms with Crippen LogP contribution in [0.3, 0.4) is 0 Å². The second kappa shape index (κ2) is 5.43. The van der Waals surface area contributed by atoms with Gasteiger partial charge < -0.3 is 10.4 Å². The minimum atomic E-state index is -0.966. The Labute approximate surface area is 112 Å². The van der Waals surface area contributed by atoms with Gasteiger partial charge in [0.25, 0.3) is 0 Å². The number of benzene rings is 1. The van der Waals surface area contributed by atoms with Gasteiger partial charge in [0.15, 0.2) is 0 Å². The van der Waals surface area contributed by atoms with Crippen molar-refractivity contribution in [2.24, 2.45) is 5.41 Å². The van der Waals surface area contributed by atoms with E-state index in [1.165, 1.54) is 0 Å². The molecule has 1 aliphatic carbocycles. The molecule has 0 radical (unpaired) electrons. The zero-order valence-corrected chi connectivity index (χ0v) is 11.1. The van der Waals surface area contributed by atoms with Crippen molar-refractivity contribution in [1.29, 1.82) is 0 Å². The van der Waals surface area contributed by atoms with Crippen LogP contribution < -0.4 is 5.32 Å². The van der Waals surface area contributed by atoms with Gasteiger partial charge in [-0.05, 0) is 31.2 Å². The smallest absolute Gasteiger partial charge is 0.326 e. The van der Waals surface area contributed by atoms with Gasteiger partial charge >= 0.3 is 5.97 Å². The number of aliphatic carboxylic acids is 1. The van der Waals surface area contributed by atoms with E-state index in [-0.39, 0.29) is 11.3 Å². The van der Waals surface area contributed by atoms with E-state index < -0.39 is 12.0 Å². The predicted molar refractivity (Wildman–Crippen MR) is 71.7 cm³/mol. The van der Waals surface area contributed by atoms with Gasteiger partial charge in [-0.3, -0.25) is 4.79 Å². The highest BCUT2D eigenvalue weighted by molar-refractivity contribution is 5.89. The van der Waals surface area contributed by atoms with Crippen LogP contribution in [0.15, 0.2) is 30.3 Å². The molecule has 1 aromatic carbocycles. The SMILES string of the molecule is CCC(NC(=O)C1(Cc2ccccc2)CC1)C(=O)O. The molecule has 19 heavy (non-hydrogen) atoms. The third kappa shape index (κ3) is 3.13. The van der Waals surface area contributed by atoms with E-state index in [1.807, 2.05) is 30.3 Å². The molecule has 102 valence electrons. The Morgan fingerprint density at radius 2 is 1.95 bits per heavy atom. The van der Waals surface area contributed by atoms with Crippen molar-refractivity contribution >= 4 is 11.9 Å². The first kappa shape index (κ1) is 13.6. The fraction of sp³-hybridized carbons (Fsp3) is 0.467. The number of rotatable bonds is 6. The lowest BCUT2D eigenvalue weighted by Gasteiger charge is -2.19. The molecule has 2 N–H and O–H groups in total. The highest BCUT2D eigenvalue weighted by Crippen LogP contribution is 2.48. The largest absolute Gasteiger partial charge is 0.480 e. The molecule has 1 fully saturated rings. The summed E-state index contributed by atoms with van der Waals surface area (Å²) in [6.07, 6.45) is 2.77. The van der Waals surface area contributed by atoms with Gasteiger partial charge in [0.05, 0.1) is 5.41 Å². The fourth-order valence-electron chi connectivity index (χ4n) is 2.27. The number of carbonyl (C=O) groups excluding carboxylic acids is 1. The predicted octanol–water partition coefficient (Wildman–Crippen LogP) is 1.99. The summed E-state index contributed by atoms with van der Waals surface area (Å²) in [5.74, 6) is -1.09. The van der Waals surface area contributed by atoms with Gasteiger partial charge in [-0.2, -0.15) is 0 Å². The summed E-state index contributed by atoms with van der Waals surface area (Å²) in [5.41, 5.74) is 0.739. The molecule has 1 aromatic rings. The molecule has 0 heterocycles. The molecule has 1 saturated carbocycles. The van der Waals surface area contributed by atoms with Crippen molar-refractivity contribution in [2.45, 2.75) is 38.6 Å². The number of hydrogen-bond donors (Lipinski definition) is 2. The highest BCUT2D eigenvalue weighted by atomic mass is 16.4. The van der Waals surface area contributed by atoms with Crippen LogP contribution in [0.4, 0.5) is 0 Å². The topological polar surface area (TPSA) is 66.4 Å². The zero-order chi connectivity index (χ0) is 13.9. The lowest BCUT2D eigenvalue weighted by Crippen LogP contribution is -2.44. The molecular formula is C15H19NO3. The molecule has 0 aliphatic heterocycles. The summed E-state index contributed by atoms with van der Waals surface area (Å²) in [5, 5.41) is 11.6. The molecule has 2 rings (SSSR count). The molecule has 1 aliphatic rings. The number of carboxylic acid groups (broad SMARTS) is 1. The lowest BCUT2D eigenvalue weighted by molar-refractivity contribution is -0.142.